The highest BCUT2D eigenvalue weighted by molar-refractivity contribution is 5.55. The maximum atomic E-state index is 5.57. The van der Waals surface area contributed by atoms with Gasteiger partial charge in [0.15, 0.2) is 11.5 Å². The predicted molar refractivity (Wildman–Crippen MR) is 103 cm³/mol. The largest absolute Gasteiger partial charge is 0.493 e. The molecule has 134 valence electrons. The molecular weight excluding hydrogens is 312 g/mol. The standard InChI is InChI=1S/C21H28N2O2/c1-16-8-9-17(2)19(14-16)23-12-10-22(11-13-23)15-18-6-5-7-20(24-3)21(18)25-4/h5-9,14H,10-13,15H2,1-4H3. The monoisotopic (exact) mass is 340 g/mol. The molecule has 2 aromatic rings. The van der Waals surface area contributed by atoms with Gasteiger partial charge in [-0.3, -0.25) is 4.90 Å². The van der Waals surface area contributed by atoms with Crippen molar-refractivity contribution < 1.29 is 9.47 Å². The van der Waals surface area contributed by atoms with Crippen molar-refractivity contribution in [3.05, 3.63) is 53.1 Å². The van der Waals surface area contributed by atoms with E-state index in [1.54, 1.807) is 14.2 Å². The first-order chi connectivity index (χ1) is 12.1. The highest BCUT2D eigenvalue weighted by Crippen LogP contribution is 2.32. The third kappa shape index (κ3) is 3.90. The van der Waals surface area contributed by atoms with Crippen molar-refractivity contribution >= 4 is 5.69 Å². The van der Waals surface area contributed by atoms with Gasteiger partial charge in [0.05, 0.1) is 14.2 Å². The molecule has 0 spiro atoms. The molecule has 1 saturated heterocycles. The SMILES string of the molecule is COc1cccc(CN2CCN(c3cc(C)ccc3C)CC2)c1OC. The minimum atomic E-state index is 0.800. The van der Waals surface area contributed by atoms with E-state index in [-0.39, 0.29) is 0 Å². The van der Waals surface area contributed by atoms with Crippen molar-refractivity contribution in [3.63, 3.8) is 0 Å². The van der Waals surface area contributed by atoms with Crippen LogP contribution in [0.4, 0.5) is 5.69 Å². The number of hydrogen-bond acceptors (Lipinski definition) is 4. The Labute approximate surface area is 151 Å². The number of nitrogens with zero attached hydrogens (tertiary/aromatic N) is 2. The molecule has 4 nitrogen and oxygen atoms in total. The second-order valence-corrected chi connectivity index (χ2v) is 6.71. The van der Waals surface area contributed by atoms with Crippen LogP contribution in [0.15, 0.2) is 36.4 Å². The van der Waals surface area contributed by atoms with Crippen molar-refractivity contribution in [2.45, 2.75) is 20.4 Å². The summed E-state index contributed by atoms with van der Waals surface area (Å²) in [6.07, 6.45) is 0. The number of aryl methyl sites for hydroxylation is 2. The lowest BCUT2D eigenvalue weighted by molar-refractivity contribution is 0.244. The number of rotatable bonds is 5. The molecule has 1 heterocycles. The van der Waals surface area contributed by atoms with E-state index in [2.05, 4.69) is 47.9 Å². The van der Waals surface area contributed by atoms with E-state index in [4.69, 9.17) is 9.47 Å². The van der Waals surface area contributed by atoms with E-state index in [9.17, 15) is 0 Å². The molecule has 25 heavy (non-hydrogen) atoms. The van der Waals surface area contributed by atoms with Gasteiger partial charge in [-0.1, -0.05) is 24.3 Å². The molecule has 0 N–H and O–H groups in total. The molecule has 0 bridgehead atoms. The molecule has 0 radical (unpaired) electrons. The van der Waals surface area contributed by atoms with Crippen LogP contribution < -0.4 is 14.4 Å². The molecule has 1 aliphatic rings. The van der Waals surface area contributed by atoms with Crippen LogP contribution in [0.3, 0.4) is 0 Å². The molecule has 1 aliphatic heterocycles. The molecule has 2 aromatic carbocycles. The fraction of sp³-hybridized carbons (Fsp3) is 0.429. The minimum absolute atomic E-state index is 0.800. The Morgan fingerprint density at radius 2 is 1.68 bits per heavy atom. The fourth-order valence-electron chi connectivity index (χ4n) is 3.53. The Bertz CT molecular complexity index is 722. The van der Waals surface area contributed by atoms with E-state index in [1.807, 2.05) is 12.1 Å². The van der Waals surface area contributed by atoms with Crippen LogP contribution in [0, 0.1) is 13.8 Å². The van der Waals surface area contributed by atoms with Crippen LogP contribution in [-0.2, 0) is 6.54 Å². The van der Waals surface area contributed by atoms with Gasteiger partial charge in [-0.25, -0.2) is 0 Å². The minimum Gasteiger partial charge on any atom is -0.493 e. The molecule has 0 amide bonds. The Morgan fingerprint density at radius 3 is 2.36 bits per heavy atom. The van der Waals surface area contributed by atoms with Crippen LogP contribution in [0.1, 0.15) is 16.7 Å². The average molecular weight is 340 g/mol. The molecule has 1 fully saturated rings. The van der Waals surface area contributed by atoms with Gasteiger partial charge in [-0.2, -0.15) is 0 Å². The van der Waals surface area contributed by atoms with Crippen LogP contribution in [0.25, 0.3) is 0 Å². The Hall–Kier alpha value is -2.20. The lowest BCUT2D eigenvalue weighted by Gasteiger charge is -2.37. The van der Waals surface area contributed by atoms with Gasteiger partial charge >= 0.3 is 0 Å². The first kappa shape index (κ1) is 17.6. The average Bonchev–Trinajstić information content (AvgIpc) is 2.64. The quantitative estimate of drug-likeness (QED) is 0.830. The number of hydrogen-bond donors (Lipinski definition) is 0. The number of methoxy groups -OCH3 is 2. The lowest BCUT2D eigenvalue weighted by atomic mass is 10.1. The second-order valence-electron chi connectivity index (χ2n) is 6.71. The van der Waals surface area contributed by atoms with Gasteiger partial charge in [0.1, 0.15) is 0 Å². The molecule has 0 unspecified atom stereocenters. The summed E-state index contributed by atoms with van der Waals surface area (Å²) in [6.45, 7) is 9.45. The smallest absolute Gasteiger partial charge is 0.165 e. The van der Waals surface area contributed by atoms with E-state index >= 15 is 0 Å². The van der Waals surface area contributed by atoms with E-state index in [1.165, 1.54) is 22.4 Å². The molecule has 0 aliphatic carbocycles. The highest BCUT2D eigenvalue weighted by atomic mass is 16.5. The van der Waals surface area contributed by atoms with Crippen molar-refractivity contribution in [1.29, 1.82) is 0 Å². The summed E-state index contributed by atoms with van der Waals surface area (Å²) in [5.41, 5.74) is 5.23. The molecule has 3 rings (SSSR count). The maximum absolute atomic E-state index is 5.57. The maximum Gasteiger partial charge on any atom is 0.165 e. The van der Waals surface area contributed by atoms with Gasteiger partial charge in [0.25, 0.3) is 0 Å². The Morgan fingerprint density at radius 1 is 0.920 bits per heavy atom. The molecular formula is C21H28N2O2. The second kappa shape index (κ2) is 7.79. The zero-order valence-electron chi connectivity index (χ0n) is 15.7. The highest BCUT2D eigenvalue weighted by Gasteiger charge is 2.20. The van der Waals surface area contributed by atoms with Gasteiger partial charge in [-0.05, 0) is 37.1 Å². The zero-order valence-corrected chi connectivity index (χ0v) is 15.7. The lowest BCUT2D eigenvalue weighted by Crippen LogP contribution is -2.46. The van der Waals surface area contributed by atoms with Crippen molar-refractivity contribution in [1.82, 2.24) is 4.90 Å². The van der Waals surface area contributed by atoms with Crippen molar-refractivity contribution in [2.24, 2.45) is 0 Å². The third-order valence-corrected chi connectivity index (χ3v) is 4.96. The van der Waals surface area contributed by atoms with Crippen LogP contribution in [-0.4, -0.2) is 45.3 Å². The van der Waals surface area contributed by atoms with Gasteiger partial charge in [0, 0.05) is 44.0 Å². The molecule has 4 heteroatoms. The first-order valence-corrected chi connectivity index (χ1v) is 8.87. The normalized spacial score (nSPS) is 15.3. The van der Waals surface area contributed by atoms with Crippen molar-refractivity contribution in [2.75, 3.05) is 45.3 Å². The number of benzene rings is 2. The van der Waals surface area contributed by atoms with E-state index in [0.717, 1.165) is 44.2 Å². The molecule has 0 atom stereocenters. The summed E-state index contributed by atoms with van der Waals surface area (Å²) in [5.74, 6) is 1.65. The van der Waals surface area contributed by atoms with E-state index < -0.39 is 0 Å². The fourth-order valence-corrected chi connectivity index (χ4v) is 3.53. The third-order valence-electron chi connectivity index (χ3n) is 4.96. The van der Waals surface area contributed by atoms with Crippen molar-refractivity contribution in [3.8, 4) is 11.5 Å². The molecule has 0 saturated carbocycles. The summed E-state index contributed by atoms with van der Waals surface area (Å²) in [5, 5.41) is 0. The van der Waals surface area contributed by atoms with E-state index in [0.29, 0.717) is 0 Å². The summed E-state index contributed by atoms with van der Waals surface area (Å²) in [4.78, 5) is 4.99. The summed E-state index contributed by atoms with van der Waals surface area (Å²) in [6, 6.07) is 12.8. The topological polar surface area (TPSA) is 24.9 Å². The summed E-state index contributed by atoms with van der Waals surface area (Å²) < 4.78 is 11.0. The van der Waals surface area contributed by atoms with Crippen LogP contribution >= 0.6 is 0 Å². The number of piperazine rings is 1. The number of para-hydroxylation sites is 1. The summed E-state index contributed by atoms with van der Waals surface area (Å²) in [7, 11) is 3.39. The number of ether oxygens (including phenoxy) is 2. The first-order valence-electron chi connectivity index (χ1n) is 8.87. The Balaban J connectivity index is 1.66. The zero-order chi connectivity index (χ0) is 17.8. The van der Waals surface area contributed by atoms with Gasteiger partial charge in [0.2, 0.25) is 0 Å². The van der Waals surface area contributed by atoms with Gasteiger partial charge < -0.3 is 14.4 Å². The Kier molecular flexibility index (Phi) is 5.49. The van der Waals surface area contributed by atoms with Gasteiger partial charge in [-0.15, -0.1) is 0 Å². The summed E-state index contributed by atoms with van der Waals surface area (Å²) >= 11 is 0. The molecule has 0 aromatic heterocycles. The van der Waals surface area contributed by atoms with Crippen LogP contribution in [0.5, 0.6) is 11.5 Å². The number of anilines is 1. The predicted octanol–water partition coefficient (Wildman–Crippen LogP) is 3.64. The van der Waals surface area contributed by atoms with Crippen LogP contribution in [0.2, 0.25) is 0 Å².